The fourth-order valence-corrected chi connectivity index (χ4v) is 2.79. The predicted octanol–water partition coefficient (Wildman–Crippen LogP) is -0.0201. The molecule has 0 heterocycles. The van der Waals surface area contributed by atoms with Gasteiger partial charge in [-0.1, -0.05) is 0 Å². The summed E-state index contributed by atoms with van der Waals surface area (Å²) in [7, 11) is -4.00. The van der Waals surface area contributed by atoms with E-state index in [1.54, 1.807) is 6.92 Å². The Morgan fingerprint density at radius 2 is 2.10 bits per heavy atom. The Morgan fingerprint density at radius 3 is 2.57 bits per heavy atom. The van der Waals surface area contributed by atoms with Crippen LogP contribution in [0.3, 0.4) is 0 Å². The van der Waals surface area contributed by atoms with E-state index in [2.05, 4.69) is 10.0 Å². The molecule has 0 aliphatic carbocycles. The number of nitrogens with one attached hydrogen (secondary N) is 2. The average molecular weight is 316 g/mol. The number of hydrogen-bond acceptors (Lipinski definition) is 6. The number of hydrogen-bond donors (Lipinski definition) is 3. The summed E-state index contributed by atoms with van der Waals surface area (Å²) in [6.45, 7) is 3.46. The third kappa shape index (κ3) is 4.13. The van der Waals surface area contributed by atoms with E-state index in [4.69, 9.17) is 5.73 Å². The number of carbonyl (C=O) groups excluding carboxylic acids is 1. The lowest BCUT2D eigenvalue weighted by molar-refractivity contribution is -0.383. The van der Waals surface area contributed by atoms with Crippen molar-refractivity contribution in [2.75, 3.05) is 12.3 Å². The average Bonchev–Trinajstić information content (AvgIpc) is 2.37. The molecule has 0 aliphatic rings. The van der Waals surface area contributed by atoms with Gasteiger partial charge in [0, 0.05) is 12.6 Å². The molecule has 0 fully saturated rings. The number of benzene rings is 1. The Labute approximate surface area is 121 Å². The van der Waals surface area contributed by atoms with Gasteiger partial charge < -0.3 is 11.1 Å². The van der Waals surface area contributed by atoms with Crippen molar-refractivity contribution in [2.45, 2.75) is 24.8 Å². The van der Waals surface area contributed by atoms with E-state index < -0.39 is 26.9 Å². The quantitative estimate of drug-likeness (QED) is 0.382. The summed E-state index contributed by atoms with van der Waals surface area (Å²) in [5.41, 5.74) is 4.79. The maximum atomic E-state index is 12.1. The van der Waals surface area contributed by atoms with Gasteiger partial charge in [0.2, 0.25) is 15.9 Å². The van der Waals surface area contributed by atoms with Gasteiger partial charge >= 0.3 is 0 Å². The molecule has 0 bridgehead atoms. The van der Waals surface area contributed by atoms with Crippen LogP contribution in [0.2, 0.25) is 0 Å². The molecule has 4 N–H and O–H groups in total. The van der Waals surface area contributed by atoms with Crippen molar-refractivity contribution in [3.63, 3.8) is 0 Å². The molecule has 0 spiro atoms. The molecule has 1 aromatic rings. The monoisotopic (exact) mass is 316 g/mol. The Bertz CT molecular complexity index is 659. The highest BCUT2D eigenvalue weighted by atomic mass is 32.2. The first-order valence-corrected chi connectivity index (χ1v) is 7.51. The van der Waals surface area contributed by atoms with Gasteiger partial charge in [-0.3, -0.25) is 14.9 Å². The lowest BCUT2D eigenvalue weighted by atomic mass is 10.3. The number of anilines is 1. The molecule has 10 heteroatoms. The number of nitrogens with two attached hydrogens (primary N) is 1. The molecular formula is C11H16N4O5S. The van der Waals surface area contributed by atoms with Gasteiger partial charge in [0.15, 0.2) is 0 Å². The zero-order valence-corrected chi connectivity index (χ0v) is 12.3. The minimum Gasteiger partial charge on any atom is -0.393 e. The van der Waals surface area contributed by atoms with Crippen molar-refractivity contribution in [1.29, 1.82) is 0 Å². The molecule has 0 aliphatic heterocycles. The zero-order valence-electron chi connectivity index (χ0n) is 11.5. The van der Waals surface area contributed by atoms with Gasteiger partial charge in [0.05, 0.1) is 15.9 Å². The summed E-state index contributed by atoms with van der Waals surface area (Å²) in [6.07, 6.45) is 0. The molecule has 0 aromatic heterocycles. The summed E-state index contributed by atoms with van der Waals surface area (Å²) >= 11 is 0. The number of likely N-dealkylation sites (N-methyl/N-ethyl adjacent to an activating group) is 1. The summed E-state index contributed by atoms with van der Waals surface area (Å²) in [5, 5.41) is 13.1. The van der Waals surface area contributed by atoms with E-state index in [0.29, 0.717) is 6.54 Å². The van der Waals surface area contributed by atoms with Crippen LogP contribution in [0.15, 0.2) is 23.1 Å². The highest BCUT2D eigenvalue weighted by Crippen LogP contribution is 2.24. The van der Waals surface area contributed by atoms with Crippen LogP contribution in [-0.2, 0) is 14.8 Å². The lowest BCUT2D eigenvalue weighted by Gasteiger charge is -2.14. The molecule has 1 atom stereocenters. The van der Waals surface area contributed by atoms with Crippen LogP contribution in [0.5, 0.6) is 0 Å². The van der Waals surface area contributed by atoms with Gasteiger partial charge in [0.25, 0.3) is 5.69 Å². The molecule has 9 nitrogen and oxygen atoms in total. The number of amides is 1. The number of rotatable bonds is 6. The lowest BCUT2D eigenvalue weighted by Crippen LogP contribution is -2.44. The number of nitrogen functional groups attached to an aromatic ring is 1. The first-order chi connectivity index (χ1) is 9.69. The largest absolute Gasteiger partial charge is 0.393 e. The number of sulfonamides is 1. The van der Waals surface area contributed by atoms with Crippen LogP contribution in [-0.4, -0.2) is 31.8 Å². The minimum absolute atomic E-state index is 0.248. The second-order valence-corrected chi connectivity index (χ2v) is 5.93. The van der Waals surface area contributed by atoms with E-state index in [-0.39, 0.29) is 16.3 Å². The first-order valence-electron chi connectivity index (χ1n) is 6.03. The van der Waals surface area contributed by atoms with Gasteiger partial charge in [-0.2, -0.15) is 4.72 Å². The fraction of sp³-hybridized carbons (Fsp3) is 0.364. The number of nitro benzene ring substituents is 1. The van der Waals surface area contributed by atoms with Crippen LogP contribution in [0.4, 0.5) is 11.4 Å². The topological polar surface area (TPSA) is 144 Å². The van der Waals surface area contributed by atoms with Crippen LogP contribution >= 0.6 is 0 Å². The maximum absolute atomic E-state index is 12.1. The van der Waals surface area contributed by atoms with Crippen LogP contribution in [0.1, 0.15) is 13.8 Å². The number of nitro groups is 1. The van der Waals surface area contributed by atoms with E-state index in [1.165, 1.54) is 6.92 Å². The maximum Gasteiger partial charge on any atom is 0.292 e. The van der Waals surface area contributed by atoms with Crippen LogP contribution in [0, 0.1) is 10.1 Å². The Morgan fingerprint density at radius 1 is 1.48 bits per heavy atom. The fourth-order valence-electron chi connectivity index (χ4n) is 1.55. The predicted molar refractivity (Wildman–Crippen MR) is 76.0 cm³/mol. The second kappa shape index (κ2) is 6.50. The van der Waals surface area contributed by atoms with Gasteiger partial charge in [-0.15, -0.1) is 0 Å². The van der Waals surface area contributed by atoms with E-state index >= 15 is 0 Å². The Balaban J connectivity index is 3.01. The van der Waals surface area contributed by atoms with Crippen molar-refractivity contribution in [1.82, 2.24) is 10.0 Å². The standard InChI is InChI=1S/C11H16N4O5S/c1-3-13-11(16)7(2)14-21(19,20)8-4-5-10(15(17)18)9(12)6-8/h4-7,14H,3,12H2,1-2H3,(H,13,16). The van der Waals surface area contributed by atoms with Crippen molar-refractivity contribution in [3.05, 3.63) is 28.3 Å². The first kappa shape index (κ1) is 16.9. The van der Waals surface area contributed by atoms with Crippen molar-refractivity contribution in [2.24, 2.45) is 0 Å². The van der Waals surface area contributed by atoms with Gasteiger partial charge in [0.1, 0.15) is 5.69 Å². The molecule has 1 aromatic carbocycles. The smallest absolute Gasteiger partial charge is 0.292 e. The summed E-state index contributed by atoms with van der Waals surface area (Å²) in [4.78, 5) is 21.2. The molecule has 1 amide bonds. The third-order valence-corrected chi connectivity index (χ3v) is 4.12. The third-order valence-electron chi connectivity index (χ3n) is 2.58. The van der Waals surface area contributed by atoms with Gasteiger partial charge in [-0.25, -0.2) is 8.42 Å². The Kier molecular flexibility index (Phi) is 5.22. The molecule has 0 saturated carbocycles. The molecule has 116 valence electrons. The molecule has 1 rings (SSSR count). The molecule has 1 unspecified atom stereocenters. The van der Waals surface area contributed by atoms with Crippen molar-refractivity contribution in [3.8, 4) is 0 Å². The van der Waals surface area contributed by atoms with E-state index in [9.17, 15) is 23.3 Å². The minimum atomic E-state index is -4.00. The summed E-state index contributed by atoms with van der Waals surface area (Å²) in [5.74, 6) is -0.476. The summed E-state index contributed by atoms with van der Waals surface area (Å²) in [6, 6.07) is 2.05. The SMILES string of the molecule is CCNC(=O)C(C)NS(=O)(=O)c1ccc([N+](=O)[O-])c(N)c1. The van der Waals surface area contributed by atoms with Crippen molar-refractivity contribution >= 4 is 27.3 Å². The van der Waals surface area contributed by atoms with Crippen LogP contribution in [0.25, 0.3) is 0 Å². The number of nitrogens with zero attached hydrogens (tertiary/aromatic N) is 1. The normalized spacial score (nSPS) is 12.7. The van der Waals surface area contributed by atoms with E-state index in [0.717, 1.165) is 18.2 Å². The zero-order chi connectivity index (χ0) is 16.2. The number of carbonyl (C=O) groups is 1. The van der Waals surface area contributed by atoms with E-state index in [1.807, 2.05) is 0 Å². The molecule has 0 saturated heterocycles. The second-order valence-electron chi connectivity index (χ2n) is 4.22. The van der Waals surface area contributed by atoms with Crippen LogP contribution < -0.4 is 15.8 Å². The highest BCUT2D eigenvalue weighted by Gasteiger charge is 2.23. The highest BCUT2D eigenvalue weighted by molar-refractivity contribution is 7.89. The van der Waals surface area contributed by atoms with Gasteiger partial charge in [-0.05, 0) is 26.0 Å². The summed E-state index contributed by atoms with van der Waals surface area (Å²) < 4.78 is 26.3. The molecule has 0 radical (unpaired) electrons. The molecule has 21 heavy (non-hydrogen) atoms. The molecular weight excluding hydrogens is 300 g/mol. The Hall–Kier alpha value is -2.20. The van der Waals surface area contributed by atoms with Crippen molar-refractivity contribution < 1.29 is 18.1 Å².